The zero-order valence-electron chi connectivity index (χ0n) is 14.0. The topological polar surface area (TPSA) is 56.8 Å². The molecule has 5 nitrogen and oxygen atoms in total. The van der Waals surface area contributed by atoms with E-state index >= 15 is 0 Å². The molecule has 0 saturated carbocycles. The van der Waals surface area contributed by atoms with E-state index in [-0.39, 0.29) is 12.5 Å². The van der Waals surface area contributed by atoms with Crippen LogP contribution in [0.15, 0.2) is 36.4 Å². The van der Waals surface area contributed by atoms with Gasteiger partial charge in [0.1, 0.15) is 5.75 Å². The lowest BCUT2D eigenvalue weighted by Crippen LogP contribution is -2.28. The summed E-state index contributed by atoms with van der Waals surface area (Å²) >= 11 is 5.97. The van der Waals surface area contributed by atoms with E-state index < -0.39 is 0 Å². The molecule has 132 valence electrons. The number of benzene rings is 2. The minimum atomic E-state index is -0.195. The molecule has 1 N–H and O–H groups in total. The van der Waals surface area contributed by atoms with Gasteiger partial charge in [0.2, 0.25) is 0 Å². The monoisotopic (exact) mass is 361 g/mol. The molecule has 0 fully saturated rings. The smallest absolute Gasteiger partial charge is 0.258 e. The summed E-state index contributed by atoms with van der Waals surface area (Å²) in [6, 6.07) is 11.0. The molecule has 3 rings (SSSR count). The van der Waals surface area contributed by atoms with Crippen molar-refractivity contribution in [3.63, 3.8) is 0 Å². The molecule has 0 aromatic heterocycles. The first kappa shape index (κ1) is 17.4. The molecule has 2 aromatic rings. The van der Waals surface area contributed by atoms with E-state index in [9.17, 15) is 4.79 Å². The van der Waals surface area contributed by atoms with Crippen LogP contribution in [0.5, 0.6) is 17.2 Å². The first-order valence-electron chi connectivity index (χ1n) is 8.16. The van der Waals surface area contributed by atoms with Crippen molar-refractivity contribution < 1.29 is 19.0 Å². The van der Waals surface area contributed by atoms with Crippen LogP contribution < -0.4 is 19.5 Å². The number of carbonyl (C=O) groups is 1. The van der Waals surface area contributed by atoms with Gasteiger partial charge in [-0.2, -0.15) is 0 Å². The van der Waals surface area contributed by atoms with Crippen LogP contribution in [0, 0.1) is 6.92 Å². The second-order valence-corrected chi connectivity index (χ2v) is 6.22. The van der Waals surface area contributed by atoms with Crippen LogP contribution in [-0.2, 0) is 11.3 Å². The van der Waals surface area contributed by atoms with Crippen LogP contribution in [0.2, 0.25) is 5.02 Å². The van der Waals surface area contributed by atoms with Gasteiger partial charge in [0.05, 0.1) is 13.2 Å². The lowest BCUT2D eigenvalue weighted by molar-refractivity contribution is -0.123. The summed E-state index contributed by atoms with van der Waals surface area (Å²) in [5.74, 6) is 1.89. The summed E-state index contributed by atoms with van der Waals surface area (Å²) in [5.41, 5.74) is 1.85. The number of carbonyl (C=O) groups excluding carboxylic acids is 1. The molecule has 25 heavy (non-hydrogen) atoms. The highest BCUT2D eigenvalue weighted by Gasteiger charge is 2.11. The molecule has 0 unspecified atom stereocenters. The first-order chi connectivity index (χ1) is 12.1. The van der Waals surface area contributed by atoms with Gasteiger partial charge in [-0.1, -0.05) is 17.7 Å². The van der Waals surface area contributed by atoms with Crippen LogP contribution in [-0.4, -0.2) is 25.7 Å². The Morgan fingerprint density at radius 2 is 1.96 bits per heavy atom. The molecule has 0 radical (unpaired) electrons. The predicted octanol–water partition coefficient (Wildman–Crippen LogP) is 3.50. The third-order valence-corrected chi connectivity index (χ3v) is 4.23. The standard InChI is InChI=1S/C19H20ClNO4/c1-13-9-15(4-5-16(13)20)25-12-19(22)21-11-14-3-6-17-18(10-14)24-8-2-7-23-17/h3-6,9-10H,2,7-8,11-12H2,1H3,(H,21,22). The summed E-state index contributed by atoms with van der Waals surface area (Å²) in [5, 5.41) is 3.50. The summed E-state index contributed by atoms with van der Waals surface area (Å²) < 4.78 is 16.7. The zero-order valence-corrected chi connectivity index (χ0v) is 14.8. The summed E-state index contributed by atoms with van der Waals surface area (Å²) in [4.78, 5) is 12.0. The maximum atomic E-state index is 12.0. The molecule has 0 aliphatic carbocycles. The van der Waals surface area contributed by atoms with Gasteiger partial charge in [0.15, 0.2) is 18.1 Å². The van der Waals surface area contributed by atoms with Crippen molar-refractivity contribution in [2.75, 3.05) is 19.8 Å². The van der Waals surface area contributed by atoms with Crippen molar-refractivity contribution in [1.82, 2.24) is 5.32 Å². The number of ether oxygens (including phenoxy) is 3. The number of nitrogens with one attached hydrogen (secondary N) is 1. The van der Waals surface area contributed by atoms with Crippen LogP contribution in [0.1, 0.15) is 17.5 Å². The van der Waals surface area contributed by atoms with Gasteiger partial charge in [0, 0.05) is 18.0 Å². The Morgan fingerprint density at radius 3 is 2.76 bits per heavy atom. The van der Waals surface area contributed by atoms with E-state index in [2.05, 4.69) is 5.32 Å². The average Bonchev–Trinajstić information content (AvgIpc) is 2.85. The Hall–Kier alpha value is -2.40. The molecule has 1 amide bonds. The minimum absolute atomic E-state index is 0.0500. The molecule has 0 bridgehead atoms. The van der Waals surface area contributed by atoms with Crippen molar-refractivity contribution in [2.45, 2.75) is 19.9 Å². The Morgan fingerprint density at radius 1 is 1.16 bits per heavy atom. The minimum Gasteiger partial charge on any atom is -0.490 e. The van der Waals surface area contributed by atoms with E-state index in [1.807, 2.05) is 25.1 Å². The van der Waals surface area contributed by atoms with Gasteiger partial charge in [-0.25, -0.2) is 0 Å². The zero-order chi connectivity index (χ0) is 17.6. The second kappa shape index (κ2) is 8.12. The number of amides is 1. The van der Waals surface area contributed by atoms with E-state index in [4.69, 9.17) is 25.8 Å². The van der Waals surface area contributed by atoms with Crippen molar-refractivity contribution in [3.05, 3.63) is 52.5 Å². The fraction of sp³-hybridized carbons (Fsp3) is 0.316. The Balaban J connectivity index is 1.50. The maximum absolute atomic E-state index is 12.0. The first-order valence-corrected chi connectivity index (χ1v) is 8.54. The maximum Gasteiger partial charge on any atom is 0.258 e. The molecule has 1 aliphatic heterocycles. The van der Waals surface area contributed by atoms with E-state index in [1.54, 1.807) is 18.2 Å². The van der Waals surface area contributed by atoms with Crippen molar-refractivity contribution in [3.8, 4) is 17.2 Å². The summed E-state index contributed by atoms with van der Waals surface area (Å²) in [7, 11) is 0. The van der Waals surface area contributed by atoms with E-state index in [0.717, 1.165) is 29.0 Å². The fourth-order valence-corrected chi connectivity index (χ4v) is 2.54. The predicted molar refractivity (Wildman–Crippen MR) is 95.6 cm³/mol. The molecule has 0 atom stereocenters. The Labute approximate surface area is 151 Å². The van der Waals surface area contributed by atoms with Crippen molar-refractivity contribution >= 4 is 17.5 Å². The van der Waals surface area contributed by atoms with Gasteiger partial charge in [-0.3, -0.25) is 4.79 Å². The van der Waals surface area contributed by atoms with Gasteiger partial charge < -0.3 is 19.5 Å². The average molecular weight is 362 g/mol. The van der Waals surface area contributed by atoms with Gasteiger partial charge in [-0.15, -0.1) is 0 Å². The third kappa shape index (κ3) is 4.79. The normalized spacial score (nSPS) is 13.0. The van der Waals surface area contributed by atoms with Gasteiger partial charge >= 0.3 is 0 Å². The van der Waals surface area contributed by atoms with E-state index in [1.165, 1.54) is 0 Å². The number of hydrogen-bond acceptors (Lipinski definition) is 4. The quantitative estimate of drug-likeness (QED) is 0.885. The Kier molecular flexibility index (Phi) is 5.66. The highest BCUT2D eigenvalue weighted by atomic mass is 35.5. The molecule has 0 saturated heterocycles. The molecular formula is C19H20ClNO4. The lowest BCUT2D eigenvalue weighted by Gasteiger charge is -2.11. The second-order valence-electron chi connectivity index (χ2n) is 5.81. The molecule has 0 spiro atoms. The van der Waals surface area contributed by atoms with Gasteiger partial charge in [0.25, 0.3) is 5.91 Å². The number of halogens is 1. The number of aryl methyl sites for hydroxylation is 1. The van der Waals surface area contributed by atoms with Crippen molar-refractivity contribution in [2.24, 2.45) is 0 Å². The summed E-state index contributed by atoms with van der Waals surface area (Å²) in [6.45, 7) is 3.53. The Bertz CT molecular complexity index is 763. The van der Waals surface area contributed by atoms with Crippen LogP contribution in [0.3, 0.4) is 0 Å². The van der Waals surface area contributed by atoms with E-state index in [0.29, 0.717) is 30.5 Å². The third-order valence-electron chi connectivity index (χ3n) is 3.80. The molecular weight excluding hydrogens is 342 g/mol. The van der Waals surface area contributed by atoms with Crippen LogP contribution >= 0.6 is 11.6 Å². The van der Waals surface area contributed by atoms with Crippen LogP contribution in [0.25, 0.3) is 0 Å². The number of hydrogen-bond donors (Lipinski definition) is 1. The molecule has 6 heteroatoms. The number of rotatable bonds is 5. The fourth-order valence-electron chi connectivity index (χ4n) is 2.43. The highest BCUT2D eigenvalue weighted by molar-refractivity contribution is 6.31. The van der Waals surface area contributed by atoms with Gasteiger partial charge in [-0.05, 0) is 48.4 Å². The number of fused-ring (bicyclic) bond motifs is 1. The molecule has 2 aromatic carbocycles. The van der Waals surface area contributed by atoms with Crippen LogP contribution in [0.4, 0.5) is 0 Å². The molecule has 1 heterocycles. The SMILES string of the molecule is Cc1cc(OCC(=O)NCc2ccc3c(c2)OCCCO3)ccc1Cl. The summed E-state index contributed by atoms with van der Waals surface area (Å²) in [6.07, 6.45) is 0.863. The largest absolute Gasteiger partial charge is 0.490 e. The lowest BCUT2D eigenvalue weighted by atomic mass is 10.2. The molecule has 1 aliphatic rings. The van der Waals surface area contributed by atoms with Crippen molar-refractivity contribution in [1.29, 1.82) is 0 Å². The highest BCUT2D eigenvalue weighted by Crippen LogP contribution is 2.30.